The highest BCUT2D eigenvalue weighted by Gasteiger charge is 2.62. The van der Waals surface area contributed by atoms with Gasteiger partial charge in [0.05, 0.1) is 34.6 Å². The second-order valence-electron chi connectivity index (χ2n) is 17.9. The smallest absolute Gasteiger partial charge is 0.259 e. The number of amides is 4. The fraction of sp³-hybridized carbons (Fsp3) is 0.545. The summed E-state index contributed by atoms with van der Waals surface area (Å²) >= 11 is 0. The summed E-state index contributed by atoms with van der Waals surface area (Å²) in [4.78, 5) is 69.9. The topological polar surface area (TPSA) is 168 Å². The molecule has 0 spiro atoms. The van der Waals surface area contributed by atoms with Crippen molar-refractivity contribution >= 4 is 44.6 Å². The molecule has 0 bridgehead atoms. The molecule has 4 amide bonds. The molecule has 1 unspecified atom stereocenters. The Balaban J connectivity index is 1.12. The number of aromatic nitrogens is 2. The Morgan fingerprint density at radius 1 is 1.03 bits per heavy atom. The summed E-state index contributed by atoms with van der Waals surface area (Å²) < 4.78 is 34.7. The number of sulfonamides is 1. The Morgan fingerprint density at radius 2 is 1.81 bits per heavy atom. The van der Waals surface area contributed by atoms with E-state index in [2.05, 4.69) is 27.7 Å². The van der Waals surface area contributed by atoms with Crippen molar-refractivity contribution < 1.29 is 32.3 Å². The highest BCUT2D eigenvalue weighted by Crippen LogP contribution is 2.46. The van der Waals surface area contributed by atoms with Crippen molar-refractivity contribution in [2.24, 2.45) is 17.3 Å². The third kappa shape index (κ3) is 7.83. The summed E-state index contributed by atoms with van der Waals surface area (Å²) in [5, 5.41) is 3.09. The average Bonchev–Trinajstić information content (AvgIpc) is 4.09. The van der Waals surface area contributed by atoms with E-state index in [1.165, 1.54) is 16.0 Å². The highest BCUT2D eigenvalue weighted by atomic mass is 32.2. The van der Waals surface area contributed by atoms with Gasteiger partial charge in [0.25, 0.3) is 5.91 Å². The van der Waals surface area contributed by atoms with Gasteiger partial charge in [-0.15, -0.1) is 6.58 Å². The predicted molar refractivity (Wildman–Crippen MR) is 219 cm³/mol. The fourth-order valence-electron chi connectivity index (χ4n) is 9.06. The summed E-state index contributed by atoms with van der Waals surface area (Å²) in [5.41, 5.74) is 2.45. The minimum atomic E-state index is -3.89. The van der Waals surface area contributed by atoms with E-state index >= 15 is 0 Å². The predicted octanol–water partition coefficient (Wildman–Crippen LogP) is 4.87. The van der Waals surface area contributed by atoms with Crippen LogP contribution in [0.25, 0.3) is 22.3 Å². The molecule has 58 heavy (non-hydrogen) atoms. The molecular weight excluding hydrogens is 757 g/mol. The first kappa shape index (κ1) is 40.0. The molecule has 14 heteroatoms. The lowest BCUT2D eigenvalue weighted by atomic mass is 9.77. The van der Waals surface area contributed by atoms with E-state index in [0.29, 0.717) is 43.1 Å². The third-order valence-corrected chi connectivity index (χ3v) is 14.6. The molecule has 13 nitrogen and oxygen atoms in total. The molecule has 3 aliphatic carbocycles. The van der Waals surface area contributed by atoms with Crippen molar-refractivity contribution in [2.75, 3.05) is 19.6 Å². The monoisotopic (exact) mass is 810 g/mol. The van der Waals surface area contributed by atoms with Crippen LogP contribution in [-0.2, 0) is 42.0 Å². The Labute approximate surface area is 340 Å². The molecule has 0 radical (unpaired) electrons. The van der Waals surface area contributed by atoms with Crippen LogP contribution in [0, 0.1) is 17.3 Å². The van der Waals surface area contributed by atoms with Crippen molar-refractivity contribution in [3.8, 4) is 17.1 Å². The van der Waals surface area contributed by atoms with E-state index in [-0.39, 0.29) is 37.6 Å². The lowest BCUT2D eigenvalue weighted by Gasteiger charge is -2.36. The van der Waals surface area contributed by atoms with Crippen molar-refractivity contribution in [3.63, 3.8) is 0 Å². The molecule has 4 fully saturated rings. The zero-order chi connectivity index (χ0) is 41.0. The molecule has 1 aromatic carbocycles. The molecule has 3 aromatic rings. The molecule has 2 aliphatic heterocycles. The van der Waals surface area contributed by atoms with Gasteiger partial charge in [0, 0.05) is 49.5 Å². The minimum absolute atomic E-state index is 0.00383. The SMILES string of the molecule is C=C[C@@H]1CC1(NC(=O)[C@@H]1C[C@@H](Oc2cc(-c3ccccn3)nc3c4c(ccc23)CCC4)CN1C(=O)[C@@H](CC(=O)N1CCCCC1)C(C)(C)C)C(=O)NS(=O)(=O)C1CC1. The average molecular weight is 811 g/mol. The largest absolute Gasteiger partial charge is 0.488 e. The van der Waals surface area contributed by atoms with E-state index in [0.717, 1.165) is 49.4 Å². The van der Waals surface area contributed by atoms with Gasteiger partial charge in [-0.1, -0.05) is 39.0 Å². The van der Waals surface area contributed by atoms with Gasteiger partial charge in [-0.2, -0.15) is 0 Å². The van der Waals surface area contributed by atoms with Gasteiger partial charge in [0.15, 0.2) is 0 Å². The van der Waals surface area contributed by atoms with Crippen LogP contribution in [0.1, 0.15) is 89.7 Å². The maximum Gasteiger partial charge on any atom is 0.259 e. The number of nitrogens with one attached hydrogen (secondary N) is 2. The maximum atomic E-state index is 14.9. The van der Waals surface area contributed by atoms with Crippen LogP contribution < -0.4 is 14.8 Å². The van der Waals surface area contributed by atoms with Gasteiger partial charge >= 0.3 is 0 Å². The van der Waals surface area contributed by atoms with Crippen LogP contribution >= 0.6 is 0 Å². The second-order valence-corrected chi connectivity index (χ2v) is 19.9. The summed E-state index contributed by atoms with van der Waals surface area (Å²) in [6, 6.07) is 10.6. The number of benzene rings is 1. The zero-order valence-corrected chi connectivity index (χ0v) is 34.5. The summed E-state index contributed by atoms with van der Waals surface area (Å²) in [7, 11) is -3.89. The Bertz CT molecular complexity index is 2250. The number of rotatable bonds is 12. The van der Waals surface area contributed by atoms with Gasteiger partial charge < -0.3 is 19.9 Å². The minimum Gasteiger partial charge on any atom is -0.488 e. The molecule has 8 rings (SSSR count). The van der Waals surface area contributed by atoms with Crippen LogP contribution in [0.5, 0.6) is 5.75 Å². The quantitative estimate of drug-likeness (QED) is 0.243. The second kappa shape index (κ2) is 15.4. The Morgan fingerprint density at radius 3 is 2.48 bits per heavy atom. The molecule has 2 aromatic heterocycles. The molecule has 2 saturated carbocycles. The molecule has 5 atom stereocenters. The molecule has 5 aliphatic rings. The lowest BCUT2D eigenvalue weighted by molar-refractivity contribution is -0.148. The molecule has 2 N–H and O–H groups in total. The number of fused-ring (bicyclic) bond motifs is 3. The van der Waals surface area contributed by atoms with Crippen molar-refractivity contribution in [3.05, 3.63) is 66.4 Å². The first-order valence-corrected chi connectivity index (χ1v) is 22.4. The van der Waals surface area contributed by atoms with Gasteiger partial charge in [0.2, 0.25) is 27.7 Å². The third-order valence-electron chi connectivity index (χ3n) is 12.8. The summed E-state index contributed by atoms with van der Waals surface area (Å²) in [6.45, 7) is 11.0. The number of carbonyl (C=O) groups is 4. The van der Waals surface area contributed by atoms with Gasteiger partial charge in [0.1, 0.15) is 23.4 Å². The number of hydrogen-bond donors (Lipinski definition) is 2. The first-order chi connectivity index (χ1) is 27.7. The van der Waals surface area contributed by atoms with Crippen LogP contribution in [0.2, 0.25) is 0 Å². The maximum absolute atomic E-state index is 14.9. The van der Waals surface area contributed by atoms with Crippen LogP contribution in [0.4, 0.5) is 0 Å². The summed E-state index contributed by atoms with van der Waals surface area (Å²) in [5.74, 6) is -2.52. The van der Waals surface area contributed by atoms with E-state index in [1.807, 2.05) is 56.0 Å². The Hall–Kier alpha value is -4.85. The molecular formula is C44H54N6O7S. The van der Waals surface area contributed by atoms with Crippen LogP contribution in [0.15, 0.2) is 55.3 Å². The fourth-order valence-corrected chi connectivity index (χ4v) is 10.4. The molecule has 308 valence electrons. The van der Waals surface area contributed by atoms with E-state index in [1.54, 1.807) is 12.3 Å². The Kier molecular flexibility index (Phi) is 10.6. The van der Waals surface area contributed by atoms with E-state index in [4.69, 9.17) is 9.72 Å². The number of carbonyl (C=O) groups excluding carboxylic acids is 4. The van der Waals surface area contributed by atoms with Gasteiger partial charge in [-0.3, -0.25) is 28.9 Å². The van der Waals surface area contributed by atoms with Crippen molar-refractivity contribution in [2.45, 2.75) is 114 Å². The number of likely N-dealkylation sites (tertiary alicyclic amines) is 2. The number of piperidine rings is 1. The summed E-state index contributed by atoms with van der Waals surface area (Å²) in [6.07, 6.45) is 9.63. The zero-order valence-electron chi connectivity index (χ0n) is 33.7. The number of aryl methyl sites for hydroxylation is 2. The van der Waals surface area contributed by atoms with Crippen molar-refractivity contribution in [1.82, 2.24) is 29.8 Å². The lowest BCUT2D eigenvalue weighted by Crippen LogP contribution is -2.57. The number of hydrogen-bond acceptors (Lipinski definition) is 9. The number of ether oxygens (including phenoxy) is 1. The molecule has 4 heterocycles. The highest BCUT2D eigenvalue weighted by molar-refractivity contribution is 7.91. The normalized spacial score (nSPS) is 24.8. The van der Waals surface area contributed by atoms with Crippen molar-refractivity contribution in [1.29, 1.82) is 0 Å². The van der Waals surface area contributed by atoms with E-state index in [9.17, 15) is 27.6 Å². The number of pyridine rings is 2. The van der Waals surface area contributed by atoms with Crippen LogP contribution in [-0.4, -0.2) is 94.4 Å². The van der Waals surface area contributed by atoms with Crippen LogP contribution in [0.3, 0.4) is 0 Å². The van der Waals surface area contributed by atoms with Gasteiger partial charge in [-0.25, -0.2) is 13.4 Å². The molecule has 2 saturated heterocycles. The number of nitrogens with zero attached hydrogens (tertiary/aromatic N) is 4. The van der Waals surface area contributed by atoms with E-state index < -0.39 is 62.0 Å². The van der Waals surface area contributed by atoms with Gasteiger partial charge in [-0.05, 0) is 92.5 Å². The first-order valence-electron chi connectivity index (χ1n) is 20.8. The standard InChI is InChI=1S/C44H54N6O7S/c1-5-28-25-44(28,42(54)48-58(55,56)30-16-17-30)47-40(52)36-22-29(26-50(36)41(53)33(43(2,3)4)23-38(51)49-20-9-6-10-21-49)57-37-24-35(34-14-7-8-19-45-34)46-39-31-13-11-12-27(31)15-18-32(37)39/h5,7-8,14-15,18-19,24,28-30,33,36H,1,6,9-13,16-17,20-23,25-26H2,2-4H3,(H,47,52)(H,48,54)/t28-,29-,33-,36+,44?/m1/s1.